The van der Waals surface area contributed by atoms with E-state index >= 15 is 0 Å². The van der Waals surface area contributed by atoms with E-state index in [9.17, 15) is 4.57 Å². The van der Waals surface area contributed by atoms with Crippen molar-refractivity contribution in [2.75, 3.05) is 6.54 Å². The van der Waals surface area contributed by atoms with Crippen LogP contribution in [0.5, 0.6) is 0 Å². The van der Waals surface area contributed by atoms with Gasteiger partial charge in [0.2, 0.25) is 0 Å². The molecule has 2 heterocycles. The molecule has 2 aliphatic heterocycles. The van der Waals surface area contributed by atoms with Crippen molar-refractivity contribution >= 4 is 7.92 Å². The third kappa shape index (κ3) is 4.26. The van der Waals surface area contributed by atoms with Crippen LogP contribution in [0, 0.1) is 5.63 Å². The Morgan fingerprint density at radius 2 is 1.39 bits per heavy atom. The van der Waals surface area contributed by atoms with Crippen molar-refractivity contribution in [1.29, 1.82) is 0 Å². The molecule has 0 fully saturated rings. The summed E-state index contributed by atoms with van der Waals surface area (Å²) in [6.45, 7) is 1.40. The predicted octanol–water partition coefficient (Wildman–Crippen LogP) is 4.42. The van der Waals surface area contributed by atoms with Crippen LogP contribution in [0.1, 0.15) is 5.56 Å². The zero-order valence-electron chi connectivity index (χ0n) is 12.7. The minimum absolute atomic E-state index is 0.0541. The van der Waals surface area contributed by atoms with Crippen LogP contribution in [0.2, 0.25) is 0 Å². The molecule has 0 aromatic heterocycles. The molecule has 4 heteroatoms. The first-order valence-electron chi connectivity index (χ1n) is 7.43. The summed E-state index contributed by atoms with van der Waals surface area (Å²) >= 11 is 0. The molecule has 0 amide bonds. The molecule has 0 aliphatic carbocycles. The zero-order chi connectivity index (χ0) is 15.9. The SMILES string of the molecule is O=P#CCN1C=CC(=C2C=CN(Cc3ccccc3)C=C2)C=C1. The molecule has 0 atom stereocenters. The summed E-state index contributed by atoms with van der Waals surface area (Å²) in [5, 5.41) is 0. The molecule has 0 N–H and O–H groups in total. The van der Waals surface area contributed by atoms with E-state index in [-0.39, 0.29) is 7.92 Å². The number of allylic oxidation sites excluding steroid dienone is 6. The van der Waals surface area contributed by atoms with Crippen molar-refractivity contribution < 1.29 is 4.57 Å². The summed E-state index contributed by atoms with van der Waals surface area (Å²) in [6.07, 6.45) is 16.5. The molecule has 23 heavy (non-hydrogen) atoms. The van der Waals surface area contributed by atoms with Crippen molar-refractivity contribution in [3.05, 3.63) is 96.1 Å². The fourth-order valence-corrected chi connectivity index (χ4v) is 2.64. The van der Waals surface area contributed by atoms with Gasteiger partial charge in [0.25, 0.3) is 0 Å². The molecule has 0 bridgehead atoms. The Morgan fingerprint density at radius 1 is 0.826 bits per heavy atom. The van der Waals surface area contributed by atoms with E-state index in [1.165, 1.54) is 11.1 Å². The molecule has 0 unspecified atom stereocenters. The molecule has 3 nitrogen and oxygen atoms in total. The summed E-state index contributed by atoms with van der Waals surface area (Å²) in [5.41, 5.74) is 6.36. The van der Waals surface area contributed by atoms with Gasteiger partial charge in [-0.2, -0.15) is 0 Å². The van der Waals surface area contributed by atoms with E-state index < -0.39 is 0 Å². The van der Waals surface area contributed by atoms with Gasteiger partial charge in [-0.25, -0.2) is 0 Å². The van der Waals surface area contributed by atoms with Crippen molar-refractivity contribution in [3.8, 4) is 5.63 Å². The standard InChI is InChI=1S/C19H17N2OP/c22-23-15-14-20-10-6-18(7-11-20)19-8-12-21(13-9-19)16-17-4-2-1-3-5-17/h1-13H,14,16H2. The van der Waals surface area contributed by atoms with Gasteiger partial charge in [0, 0.05) is 0 Å². The van der Waals surface area contributed by atoms with Crippen LogP contribution >= 0.6 is 7.92 Å². The van der Waals surface area contributed by atoms with Gasteiger partial charge in [-0.05, 0) is 0 Å². The normalized spacial score (nSPS) is 16.0. The first-order chi connectivity index (χ1) is 11.3. The van der Waals surface area contributed by atoms with Crippen LogP contribution in [0.4, 0.5) is 0 Å². The molecule has 1 aromatic rings. The minimum atomic E-state index is -0.0541. The fourth-order valence-electron chi connectivity index (χ4n) is 2.42. The molecule has 0 saturated heterocycles. The Bertz CT molecular complexity index is 781. The molecule has 3 rings (SSSR count). The topological polar surface area (TPSA) is 23.6 Å². The second-order valence-corrected chi connectivity index (χ2v) is 5.75. The third-order valence-electron chi connectivity index (χ3n) is 3.64. The van der Waals surface area contributed by atoms with Gasteiger partial charge in [-0.15, -0.1) is 0 Å². The maximum absolute atomic E-state index is 10.4. The van der Waals surface area contributed by atoms with Crippen LogP contribution in [0.15, 0.2) is 90.6 Å². The second-order valence-electron chi connectivity index (χ2n) is 5.25. The van der Waals surface area contributed by atoms with Gasteiger partial charge in [0.15, 0.2) is 0 Å². The van der Waals surface area contributed by atoms with Gasteiger partial charge in [-0.3, -0.25) is 0 Å². The predicted molar refractivity (Wildman–Crippen MR) is 93.8 cm³/mol. The molecule has 1 aromatic carbocycles. The molecular weight excluding hydrogens is 303 g/mol. The second kappa shape index (κ2) is 7.69. The van der Waals surface area contributed by atoms with Crippen LogP contribution in [-0.2, 0) is 11.1 Å². The fraction of sp³-hybridized carbons (Fsp3) is 0.105. The molecule has 2 aliphatic rings. The van der Waals surface area contributed by atoms with E-state index in [0.717, 1.165) is 12.1 Å². The average molecular weight is 320 g/mol. The van der Waals surface area contributed by atoms with E-state index in [1.807, 2.05) is 23.4 Å². The maximum atomic E-state index is 10.4. The Hall–Kier alpha value is -2.47. The summed E-state index contributed by atoms with van der Waals surface area (Å²) in [5.74, 6) is 0. The van der Waals surface area contributed by atoms with Crippen molar-refractivity contribution in [1.82, 2.24) is 9.80 Å². The van der Waals surface area contributed by atoms with Crippen molar-refractivity contribution in [2.24, 2.45) is 0 Å². The molecule has 0 radical (unpaired) electrons. The van der Waals surface area contributed by atoms with Crippen LogP contribution in [0.3, 0.4) is 0 Å². The zero-order valence-corrected chi connectivity index (χ0v) is 13.6. The quantitative estimate of drug-likeness (QED) is 0.770. The molecule has 0 spiro atoms. The number of hydrogen-bond acceptors (Lipinski definition) is 3. The van der Waals surface area contributed by atoms with Crippen LogP contribution < -0.4 is 0 Å². The summed E-state index contributed by atoms with van der Waals surface area (Å²) < 4.78 is 10.4. The Morgan fingerprint density at radius 3 is 1.96 bits per heavy atom. The average Bonchev–Trinajstić information content (AvgIpc) is 2.62. The van der Waals surface area contributed by atoms with E-state index in [4.69, 9.17) is 0 Å². The van der Waals surface area contributed by atoms with Gasteiger partial charge >= 0.3 is 107 Å². The van der Waals surface area contributed by atoms with Crippen LogP contribution in [0.25, 0.3) is 0 Å². The number of hydrogen-bond donors (Lipinski definition) is 0. The summed E-state index contributed by atoms with van der Waals surface area (Å²) in [4.78, 5) is 4.10. The molecule has 0 saturated carbocycles. The molecular formula is C19H17N2OP. The number of nitrogens with zero attached hydrogens (tertiary/aromatic N) is 2. The van der Waals surface area contributed by atoms with E-state index in [2.05, 4.69) is 71.5 Å². The van der Waals surface area contributed by atoms with Crippen molar-refractivity contribution in [3.63, 3.8) is 0 Å². The Kier molecular flexibility index (Phi) is 5.16. The van der Waals surface area contributed by atoms with Gasteiger partial charge in [0.05, 0.1) is 0 Å². The Balaban J connectivity index is 1.65. The van der Waals surface area contributed by atoms with Crippen molar-refractivity contribution in [2.45, 2.75) is 6.54 Å². The van der Waals surface area contributed by atoms with E-state index in [1.54, 1.807) is 0 Å². The first-order valence-corrected chi connectivity index (χ1v) is 8.24. The third-order valence-corrected chi connectivity index (χ3v) is 3.91. The van der Waals surface area contributed by atoms with Gasteiger partial charge < -0.3 is 0 Å². The summed E-state index contributed by atoms with van der Waals surface area (Å²) in [6, 6.07) is 10.4. The number of rotatable bonds is 3. The summed E-state index contributed by atoms with van der Waals surface area (Å²) in [7, 11) is -0.0541. The molecule has 114 valence electrons. The van der Waals surface area contributed by atoms with Crippen LogP contribution in [-0.4, -0.2) is 16.3 Å². The number of benzene rings is 1. The van der Waals surface area contributed by atoms with E-state index in [0.29, 0.717) is 6.54 Å². The monoisotopic (exact) mass is 320 g/mol. The van der Waals surface area contributed by atoms with Gasteiger partial charge in [0.1, 0.15) is 0 Å². The first kappa shape index (κ1) is 15.4. The Labute approximate surface area is 137 Å². The van der Waals surface area contributed by atoms with Gasteiger partial charge in [-0.1, -0.05) is 30.3 Å².